The van der Waals surface area contributed by atoms with Crippen molar-refractivity contribution in [1.82, 2.24) is 5.32 Å². The van der Waals surface area contributed by atoms with Gasteiger partial charge >= 0.3 is 5.97 Å². The number of esters is 1. The molecule has 1 rings (SSSR count). The van der Waals surface area contributed by atoms with Gasteiger partial charge in [0.2, 0.25) is 11.6 Å². The van der Waals surface area contributed by atoms with Gasteiger partial charge in [0.1, 0.15) is 11.8 Å². The van der Waals surface area contributed by atoms with Gasteiger partial charge in [-0.25, -0.2) is 4.79 Å². The Balaban J connectivity index is 3.27. The van der Waals surface area contributed by atoms with Crippen LogP contribution in [0.3, 0.4) is 0 Å². The summed E-state index contributed by atoms with van der Waals surface area (Å²) in [5.74, 6) is -2.53. The van der Waals surface area contributed by atoms with Crippen molar-refractivity contribution in [2.24, 2.45) is 11.8 Å². The zero-order valence-electron chi connectivity index (χ0n) is 17.3. The fourth-order valence-corrected chi connectivity index (χ4v) is 3.01. The molecule has 2 atom stereocenters. The summed E-state index contributed by atoms with van der Waals surface area (Å²) < 4.78 is 4.80. The van der Waals surface area contributed by atoms with E-state index in [2.05, 4.69) is 11.4 Å². The van der Waals surface area contributed by atoms with Crippen molar-refractivity contribution in [3.8, 4) is 0 Å². The van der Waals surface area contributed by atoms with Crippen molar-refractivity contribution >= 4 is 17.5 Å². The molecule has 6 heteroatoms. The largest absolute Gasteiger partial charge is 0.505 e. The van der Waals surface area contributed by atoms with Crippen molar-refractivity contribution in [3.63, 3.8) is 0 Å². The van der Waals surface area contributed by atoms with E-state index in [0.717, 1.165) is 6.42 Å². The van der Waals surface area contributed by atoms with Crippen molar-refractivity contribution in [2.75, 3.05) is 7.11 Å². The van der Waals surface area contributed by atoms with Gasteiger partial charge in [-0.05, 0) is 45.4 Å². The lowest BCUT2D eigenvalue weighted by molar-refractivity contribution is -0.144. The Hall–Kier alpha value is -2.37. The third kappa shape index (κ3) is 5.31. The van der Waals surface area contributed by atoms with E-state index in [1.165, 1.54) is 19.6 Å². The first kappa shape index (κ1) is 22.7. The van der Waals surface area contributed by atoms with Crippen LogP contribution in [0.5, 0.6) is 0 Å². The lowest BCUT2D eigenvalue weighted by Crippen LogP contribution is -2.44. The lowest BCUT2D eigenvalue weighted by atomic mass is 9.83. The fourth-order valence-electron chi connectivity index (χ4n) is 3.01. The highest BCUT2D eigenvalue weighted by Crippen LogP contribution is 2.30. The maximum atomic E-state index is 12.5. The Morgan fingerprint density at radius 1 is 1.19 bits per heavy atom. The van der Waals surface area contributed by atoms with Crippen LogP contribution in [0, 0.1) is 11.8 Å². The second-order valence-electron chi connectivity index (χ2n) is 7.57. The lowest BCUT2D eigenvalue weighted by Gasteiger charge is -2.28. The number of Topliss-reactive ketones (excluding diaryl/α,β-unsaturated/α-hetero) is 2. The summed E-state index contributed by atoms with van der Waals surface area (Å²) in [5.41, 5.74) is 1.50. The van der Waals surface area contributed by atoms with Crippen LogP contribution in [0.4, 0.5) is 0 Å². The number of rotatable bonds is 8. The van der Waals surface area contributed by atoms with Gasteiger partial charge in [-0.2, -0.15) is 0 Å². The molecular formula is C21H31NO5. The van der Waals surface area contributed by atoms with E-state index in [0.29, 0.717) is 6.42 Å². The van der Waals surface area contributed by atoms with Crippen LogP contribution in [-0.2, 0) is 19.1 Å². The van der Waals surface area contributed by atoms with Crippen LogP contribution in [-0.4, -0.2) is 35.8 Å². The maximum absolute atomic E-state index is 12.5. The summed E-state index contributed by atoms with van der Waals surface area (Å²) in [7, 11) is 1.28. The number of aliphatic hydroxyl groups is 1. The fraction of sp³-hybridized carbons (Fsp3) is 0.571. The molecule has 0 aromatic rings. The van der Waals surface area contributed by atoms with Crippen LogP contribution >= 0.6 is 0 Å². The normalized spacial score (nSPS) is 17.2. The molecule has 1 aliphatic rings. The SMILES string of the molecule is COC(=O)[C@@H](NC1=C(C)C(=O)C(=O)C([C@H](C)CCC=C(C)C)=C1O)C(C)C. The zero-order valence-corrected chi connectivity index (χ0v) is 17.3. The summed E-state index contributed by atoms with van der Waals surface area (Å²) in [6.45, 7) is 10.9. The smallest absolute Gasteiger partial charge is 0.328 e. The highest BCUT2D eigenvalue weighted by Gasteiger charge is 2.37. The number of nitrogens with one attached hydrogen (secondary N) is 1. The number of allylic oxidation sites excluding steroid dienone is 4. The van der Waals surface area contributed by atoms with E-state index in [1.807, 2.05) is 34.6 Å². The third-order valence-corrected chi connectivity index (χ3v) is 4.73. The number of ketones is 2. The zero-order chi connectivity index (χ0) is 20.9. The van der Waals surface area contributed by atoms with Crippen molar-refractivity contribution < 1.29 is 24.2 Å². The molecule has 0 fully saturated rings. The number of ether oxygens (including phenoxy) is 1. The molecule has 0 unspecified atom stereocenters. The van der Waals surface area contributed by atoms with E-state index in [1.54, 1.807) is 0 Å². The van der Waals surface area contributed by atoms with Gasteiger partial charge in [0.25, 0.3) is 0 Å². The molecule has 2 N–H and O–H groups in total. The van der Waals surface area contributed by atoms with Gasteiger partial charge in [-0.3, -0.25) is 9.59 Å². The molecule has 0 amide bonds. The predicted molar refractivity (Wildman–Crippen MR) is 104 cm³/mol. The minimum absolute atomic E-state index is 0.0997. The Morgan fingerprint density at radius 3 is 2.26 bits per heavy atom. The average Bonchev–Trinajstić information content (AvgIpc) is 2.58. The Bertz CT molecular complexity index is 708. The Morgan fingerprint density at radius 2 is 1.78 bits per heavy atom. The van der Waals surface area contributed by atoms with Crippen molar-refractivity contribution in [3.05, 3.63) is 34.3 Å². The van der Waals surface area contributed by atoms with Gasteiger partial charge in [0.15, 0.2) is 0 Å². The van der Waals surface area contributed by atoms with Gasteiger partial charge in [-0.1, -0.05) is 32.4 Å². The first-order chi connectivity index (χ1) is 12.5. The van der Waals surface area contributed by atoms with Gasteiger partial charge in [0.05, 0.1) is 18.4 Å². The van der Waals surface area contributed by atoms with Crippen LogP contribution < -0.4 is 5.32 Å². The highest BCUT2D eigenvalue weighted by atomic mass is 16.5. The Kier molecular flexibility index (Phi) is 8.00. The standard InChI is InChI=1S/C21H31NO5/c1-11(2)9-8-10-13(5)15-19(24)17(14(6)18(23)20(15)25)22-16(12(3)4)21(26)27-7/h9,12-13,16,22,24H,8,10H2,1-7H3/t13-,16+/m1/s1. The van der Waals surface area contributed by atoms with Crippen LogP contribution in [0.1, 0.15) is 54.4 Å². The molecule has 0 spiro atoms. The molecule has 0 bridgehead atoms. The van der Waals surface area contributed by atoms with Crippen LogP contribution in [0.2, 0.25) is 0 Å². The topological polar surface area (TPSA) is 92.7 Å². The summed E-state index contributed by atoms with van der Waals surface area (Å²) >= 11 is 0. The highest BCUT2D eigenvalue weighted by molar-refractivity contribution is 6.50. The molecule has 6 nitrogen and oxygen atoms in total. The molecule has 0 heterocycles. The second kappa shape index (κ2) is 9.53. The van der Waals surface area contributed by atoms with E-state index in [4.69, 9.17) is 4.74 Å². The predicted octanol–water partition coefficient (Wildman–Crippen LogP) is 3.39. The molecule has 0 aromatic carbocycles. The molecule has 150 valence electrons. The van der Waals surface area contributed by atoms with Crippen LogP contribution in [0.15, 0.2) is 34.3 Å². The Labute approximate surface area is 161 Å². The maximum Gasteiger partial charge on any atom is 0.328 e. The summed E-state index contributed by atoms with van der Waals surface area (Å²) in [6.07, 6.45) is 3.42. The molecule has 1 aliphatic carbocycles. The number of hydrogen-bond acceptors (Lipinski definition) is 6. The van der Waals surface area contributed by atoms with E-state index >= 15 is 0 Å². The molecule has 0 aliphatic heterocycles. The van der Waals surface area contributed by atoms with E-state index in [9.17, 15) is 19.5 Å². The molecule has 27 heavy (non-hydrogen) atoms. The molecular weight excluding hydrogens is 346 g/mol. The number of hydrogen-bond donors (Lipinski definition) is 2. The minimum Gasteiger partial charge on any atom is -0.505 e. The van der Waals surface area contributed by atoms with Gasteiger partial charge in [0, 0.05) is 5.57 Å². The number of carbonyl (C=O) groups excluding carboxylic acids is 3. The first-order valence-electron chi connectivity index (χ1n) is 9.23. The third-order valence-electron chi connectivity index (χ3n) is 4.73. The molecule has 0 aromatic heterocycles. The molecule has 0 saturated carbocycles. The van der Waals surface area contributed by atoms with Crippen LogP contribution in [0.25, 0.3) is 0 Å². The quantitative estimate of drug-likeness (QED) is 0.291. The second-order valence-corrected chi connectivity index (χ2v) is 7.57. The van der Waals surface area contributed by atoms with Gasteiger partial charge < -0.3 is 15.2 Å². The summed E-state index contributed by atoms with van der Waals surface area (Å²) in [6, 6.07) is -0.745. The number of methoxy groups -OCH3 is 1. The van der Waals surface area contributed by atoms with Crippen molar-refractivity contribution in [1.29, 1.82) is 0 Å². The monoisotopic (exact) mass is 377 g/mol. The number of carbonyl (C=O) groups is 3. The average molecular weight is 377 g/mol. The summed E-state index contributed by atoms with van der Waals surface area (Å²) in [5, 5.41) is 13.7. The minimum atomic E-state index is -0.745. The molecule has 0 saturated heterocycles. The number of aliphatic hydroxyl groups excluding tert-OH is 1. The van der Waals surface area contributed by atoms with E-state index < -0.39 is 23.6 Å². The first-order valence-corrected chi connectivity index (χ1v) is 9.23. The van der Waals surface area contributed by atoms with E-state index in [-0.39, 0.29) is 34.4 Å². The molecule has 0 radical (unpaired) electrons. The summed E-state index contributed by atoms with van der Waals surface area (Å²) in [4.78, 5) is 37.0. The van der Waals surface area contributed by atoms with Crippen molar-refractivity contribution in [2.45, 2.75) is 60.4 Å². The van der Waals surface area contributed by atoms with Gasteiger partial charge in [-0.15, -0.1) is 0 Å².